The highest BCUT2D eigenvalue weighted by Gasteiger charge is 2.32. The van der Waals surface area contributed by atoms with Gasteiger partial charge in [0.05, 0.1) is 16.1 Å². The number of aromatic amines is 1. The molecule has 2 aliphatic rings. The number of benzene rings is 2. The lowest BCUT2D eigenvalue weighted by Crippen LogP contribution is -2.53. The van der Waals surface area contributed by atoms with E-state index in [-0.39, 0.29) is 37.6 Å². The SMILES string of the molecule is CC(C)(C)OC(=O)N1CCN(C(=O)C(=O)c2c[nH]c3cc(Cl)c(C(=O)N4CCC(Cc5ccccc5)CC4)cc23)CC1. The number of hydrogen-bond acceptors (Lipinski definition) is 5. The molecule has 2 aliphatic heterocycles. The van der Waals surface area contributed by atoms with Crippen LogP contribution in [0.4, 0.5) is 4.79 Å². The summed E-state index contributed by atoms with van der Waals surface area (Å²) in [5, 5.41) is 0.775. The van der Waals surface area contributed by atoms with Gasteiger partial charge in [-0.1, -0.05) is 41.9 Å². The molecule has 0 bridgehead atoms. The Hall–Kier alpha value is -3.85. The highest BCUT2D eigenvalue weighted by molar-refractivity contribution is 6.45. The predicted molar refractivity (Wildman–Crippen MR) is 161 cm³/mol. The van der Waals surface area contributed by atoms with E-state index < -0.39 is 23.4 Å². The number of ether oxygens (including phenoxy) is 1. The monoisotopic (exact) mass is 592 g/mol. The Morgan fingerprint density at radius 3 is 2.17 bits per heavy atom. The quantitative estimate of drug-likeness (QED) is 0.325. The molecule has 0 atom stereocenters. The minimum atomic E-state index is -0.672. The van der Waals surface area contributed by atoms with Crippen LogP contribution in [0.3, 0.4) is 0 Å². The van der Waals surface area contributed by atoms with Crippen LogP contribution in [0.2, 0.25) is 5.02 Å². The van der Waals surface area contributed by atoms with Crippen LogP contribution in [0.25, 0.3) is 10.9 Å². The third-order valence-corrected chi connectivity index (χ3v) is 8.24. The first-order valence-corrected chi connectivity index (χ1v) is 14.8. The molecule has 5 rings (SSSR count). The van der Waals surface area contributed by atoms with Gasteiger partial charge in [-0.15, -0.1) is 0 Å². The maximum Gasteiger partial charge on any atom is 0.410 e. The average molecular weight is 593 g/mol. The van der Waals surface area contributed by atoms with Crippen molar-refractivity contribution in [3.8, 4) is 0 Å². The van der Waals surface area contributed by atoms with E-state index in [1.165, 1.54) is 21.6 Å². The number of halogens is 1. The molecule has 0 saturated carbocycles. The minimum absolute atomic E-state index is 0.177. The molecule has 2 saturated heterocycles. The van der Waals surface area contributed by atoms with Crippen molar-refractivity contribution >= 4 is 46.2 Å². The van der Waals surface area contributed by atoms with Gasteiger partial charge < -0.3 is 24.4 Å². The fourth-order valence-electron chi connectivity index (χ4n) is 5.63. The van der Waals surface area contributed by atoms with Gasteiger partial charge in [0.1, 0.15) is 5.60 Å². The van der Waals surface area contributed by atoms with Gasteiger partial charge in [0.25, 0.3) is 17.6 Å². The molecule has 0 unspecified atom stereocenters. The van der Waals surface area contributed by atoms with Gasteiger partial charge in [0, 0.05) is 56.4 Å². The largest absolute Gasteiger partial charge is 0.444 e. The molecule has 0 spiro atoms. The third kappa shape index (κ3) is 6.62. The van der Waals surface area contributed by atoms with Gasteiger partial charge in [-0.05, 0) is 63.6 Å². The maximum atomic E-state index is 13.5. The van der Waals surface area contributed by atoms with Crippen molar-refractivity contribution in [1.29, 1.82) is 0 Å². The second-order valence-electron chi connectivity index (χ2n) is 12.1. The van der Waals surface area contributed by atoms with Crippen molar-refractivity contribution in [2.45, 2.75) is 45.6 Å². The smallest absolute Gasteiger partial charge is 0.410 e. The van der Waals surface area contributed by atoms with Crippen molar-refractivity contribution in [3.05, 3.63) is 70.4 Å². The number of rotatable bonds is 5. The van der Waals surface area contributed by atoms with E-state index >= 15 is 0 Å². The number of fused-ring (bicyclic) bond motifs is 1. The summed E-state index contributed by atoms with van der Waals surface area (Å²) < 4.78 is 5.41. The zero-order chi connectivity index (χ0) is 30.0. The Bertz CT molecular complexity index is 1480. The zero-order valence-corrected chi connectivity index (χ0v) is 25.1. The minimum Gasteiger partial charge on any atom is -0.444 e. The number of carbonyl (C=O) groups is 4. The molecule has 3 amide bonds. The number of hydrogen-bond donors (Lipinski definition) is 1. The number of piperidine rings is 1. The lowest BCUT2D eigenvalue weighted by Gasteiger charge is -2.35. The fourth-order valence-corrected chi connectivity index (χ4v) is 5.87. The fraction of sp³-hybridized carbons (Fsp3) is 0.438. The number of aromatic nitrogens is 1. The number of ketones is 1. The van der Waals surface area contributed by atoms with Gasteiger partial charge in [-0.3, -0.25) is 14.4 Å². The number of H-pyrrole nitrogens is 1. The lowest BCUT2D eigenvalue weighted by molar-refractivity contribution is -0.128. The average Bonchev–Trinajstić information content (AvgIpc) is 3.38. The van der Waals surface area contributed by atoms with E-state index in [1.807, 2.05) is 23.1 Å². The van der Waals surface area contributed by atoms with Crippen LogP contribution in [0.15, 0.2) is 48.7 Å². The Kier molecular flexibility index (Phi) is 8.59. The second-order valence-corrected chi connectivity index (χ2v) is 12.5. The summed E-state index contributed by atoms with van der Waals surface area (Å²) >= 11 is 6.54. The maximum absolute atomic E-state index is 13.5. The van der Waals surface area contributed by atoms with Crippen LogP contribution in [0.1, 0.15) is 59.9 Å². The van der Waals surface area contributed by atoms with Gasteiger partial charge in [0.15, 0.2) is 0 Å². The highest BCUT2D eigenvalue weighted by Crippen LogP contribution is 2.30. The van der Waals surface area contributed by atoms with E-state index in [0.717, 1.165) is 19.3 Å². The Morgan fingerprint density at radius 1 is 0.881 bits per heavy atom. The lowest BCUT2D eigenvalue weighted by atomic mass is 9.90. The molecular weight excluding hydrogens is 556 g/mol. The van der Waals surface area contributed by atoms with E-state index in [0.29, 0.717) is 40.5 Å². The normalized spacial score (nSPS) is 16.5. The Labute approximate surface area is 250 Å². The molecule has 0 radical (unpaired) electrons. The number of nitrogens with zero attached hydrogens (tertiary/aromatic N) is 3. The first-order chi connectivity index (χ1) is 20.0. The van der Waals surface area contributed by atoms with E-state index in [2.05, 4.69) is 17.1 Å². The zero-order valence-electron chi connectivity index (χ0n) is 24.3. The van der Waals surface area contributed by atoms with Crippen LogP contribution in [-0.2, 0) is 16.0 Å². The summed E-state index contributed by atoms with van der Waals surface area (Å²) in [5.41, 5.74) is 1.77. The topological polar surface area (TPSA) is 103 Å². The van der Waals surface area contributed by atoms with E-state index in [1.54, 1.807) is 32.9 Å². The highest BCUT2D eigenvalue weighted by atomic mass is 35.5. The summed E-state index contributed by atoms with van der Waals surface area (Å²) in [6.45, 7) is 7.66. The predicted octanol–water partition coefficient (Wildman–Crippen LogP) is 5.18. The molecule has 2 aromatic carbocycles. The number of Topliss-reactive ketones (excluding diaryl/α,β-unsaturated/α-hetero) is 1. The van der Waals surface area contributed by atoms with Gasteiger partial charge in [0.2, 0.25) is 0 Å². The molecule has 3 heterocycles. The van der Waals surface area contributed by atoms with E-state index in [4.69, 9.17) is 16.3 Å². The van der Waals surface area contributed by atoms with Crippen molar-refractivity contribution in [2.24, 2.45) is 5.92 Å². The van der Waals surface area contributed by atoms with Crippen molar-refractivity contribution in [2.75, 3.05) is 39.3 Å². The summed E-state index contributed by atoms with van der Waals surface area (Å²) in [5.74, 6) is -0.984. The van der Waals surface area contributed by atoms with Crippen molar-refractivity contribution in [3.63, 3.8) is 0 Å². The molecule has 222 valence electrons. The number of carbonyl (C=O) groups excluding carboxylic acids is 4. The van der Waals surface area contributed by atoms with Crippen molar-refractivity contribution in [1.82, 2.24) is 19.7 Å². The number of likely N-dealkylation sites (tertiary alicyclic amines) is 1. The summed E-state index contributed by atoms with van der Waals surface area (Å²) in [6, 6.07) is 13.6. The molecule has 1 aromatic heterocycles. The molecule has 1 N–H and O–H groups in total. The van der Waals surface area contributed by atoms with E-state index in [9.17, 15) is 19.2 Å². The number of amides is 3. The molecule has 3 aromatic rings. The third-order valence-electron chi connectivity index (χ3n) is 7.93. The first kappa shape index (κ1) is 29.6. The van der Waals surface area contributed by atoms with Gasteiger partial charge in [-0.2, -0.15) is 0 Å². The van der Waals surface area contributed by atoms with Gasteiger partial charge >= 0.3 is 6.09 Å². The van der Waals surface area contributed by atoms with Crippen LogP contribution in [0, 0.1) is 5.92 Å². The van der Waals surface area contributed by atoms with Crippen LogP contribution in [0.5, 0.6) is 0 Å². The summed E-state index contributed by atoms with van der Waals surface area (Å²) in [6.07, 6.45) is 3.86. The molecule has 0 aliphatic carbocycles. The first-order valence-electron chi connectivity index (χ1n) is 14.5. The molecule has 10 heteroatoms. The number of piperazine rings is 1. The molecule has 9 nitrogen and oxygen atoms in total. The summed E-state index contributed by atoms with van der Waals surface area (Å²) in [4.78, 5) is 60.2. The molecular formula is C32H37ClN4O5. The molecule has 2 fully saturated rings. The van der Waals surface area contributed by atoms with Crippen LogP contribution in [-0.4, -0.2) is 88.2 Å². The van der Waals surface area contributed by atoms with Crippen LogP contribution < -0.4 is 0 Å². The Balaban J connectivity index is 1.24. The Morgan fingerprint density at radius 2 is 1.52 bits per heavy atom. The van der Waals surface area contributed by atoms with Crippen LogP contribution >= 0.6 is 11.6 Å². The number of nitrogens with one attached hydrogen (secondary N) is 1. The second kappa shape index (κ2) is 12.2. The standard InChI is InChI=1S/C32H37ClN4O5/c1-32(2,3)42-31(41)37-15-13-36(14-16-37)30(40)28(38)25-20-34-27-19-26(33)24(18-23(25)27)29(39)35-11-9-22(10-12-35)17-21-7-5-4-6-8-21/h4-8,18-20,22,34H,9-17H2,1-3H3. The molecule has 42 heavy (non-hydrogen) atoms. The summed E-state index contributed by atoms with van der Waals surface area (Å²) in [7, 11) is 0. The van der Waals surface area contributed by atoms with Crippen molar-refractivity contribution < 1.29 is 23.9 Å². The van der Waals surface area contributed by atoms with Gasteiger partial charge in [-0.25, -0.2) is 4.79 Å².